The Bertz CT molecular complexity index is 1110. The average molecular weight is 554 g/mol. The molecule has 1 aromatic heterocycles. The minimum absolute atomic E-state index is 0.00722. The predicted molar refractivity (Wildman–Crippen MR) is 149 cm³/mol. The van der Waals surface area contributed by atoms with E-state index in [1.54, 1.807) is 12.1 Å². The molecule has 2 aromatic rings. The summed E-state index contributed by atoms with van der Waals surface area (Å²) in [4.78, 5) is 37.2. The zero-order valence-electron chi connectivity index (χ0n) is 24.0. The van der Waals surface area contributed by atoms with Crippen molar-refractivity contribution in [2.45, 2.75) is 103 Å². The molecule has 0 aliphatic heterocycles. The van der Waals surface area contributed by atoms with Gasteiger partial charge in [-0.2, -0.15) is 0 Å². The summed E-state index contributed by atoms with van der Waals surface area (Å²) in [6, 6.07) is 7.26. The van der Waals surface area contributed by atoms with Gasteiger partial charge in [-0.15, -0.1) is 10.2 Å². The molecule has 2 aliphatic rings. The molecule has 0 saturated heterocycles. The molecular weight excluding hydrogens is 510 g/mol. The summed E-state index contributed by atoms with van der Waals surface area (Å²) in [5, 5.41) is 11.3. The minimum Gasteiger partial charge on any atom is -0.490 e. The van der Waals surface area contributed by atoms with E-state index >= 15 is 0 Å². The fourth-order valence-electron chi connectivity index (χ4n) is 5.58. The van der Waals surface area contributed by atoms with Crippen LogP contribution in [0.4, 0.5) is 0 Å². The number of carbonyl (C=O) groups excluding carboxylic acids is 3. The monoisotopic (exact) mass is 553 g/mol. The van der Waals surface area contributed by atoms with Crippen LogP contribution in [0.1, 0.15) is 119 Å². The van der Waals surface area contributed by atoms with Crippen molar-refractivity contribution in [3.8, 4) is 5.75 Å². The molecule has 0 bridgehead atoms. The number of hydrogen-bond acceptors (Lipinski definition) is 8. The van der Waals surface area contributed by atoms with E-state index < -0.39 is 0 Å². The summed E-state index contributed by atoms with van der Waals surface area (Å²) in [6.45, 7) is 6.79. The van der Waals surface area contributed by atoms with E-state index in [9.17, 15) is 14.4 Å². The molecule has 1 heterocycles. The third kappa shape index (κ3) is 8.15. The summed E-state index contributed by atoms with van der Waals surface area (Å²) in [6.07, 6.45) is 7.56. The summed E-state index contributed by atoms with van der Waals surface area (Å²) in [7, 11) is 0. The lowest BCUT2D eigenvalue weighted by Gasteiger charge is -2.27. The van der Waals surface area contributed by atoms with Crippen molar-refractivity contribution in [3.05, 3.63) is 41.6 Å². The number of aromatic nitrogens is 2. The van der Waals surface area contributed by atoms with E-state index in [4.69, 9.17) is 13.9 Å². The molecule has 4 rings (SSSR count). The van der Waals surface area contributed by atoms with Crippen LogP contribution in [0.5, 0.6) is 5.75 Å². The fourth-order valence-corrected chi connectivity index (χ4v) is 5.58. The highest BCUT2D eigenvalue weighted by molar-refractivity contribution is 5.96. The highest BCUT2D eigenvalue weighted by Gasteiger charge is 2.30. The number of ether oxygens (including phenoxy) is 2. The zero-order chi connectivity index (χ0) is 28.5. The van der Waals surface area contributed by atoms with Gasteiger partial charge in [-0.1, -0.05) is 13.8 Å². The molecule has 1 N–H and O–H groups in total. The molecule has 2 aliphatic carbocycles. The Balaban J connectivity index is 1.11. The number of nitrogens with zero attached hydrogens (tertiary/aromatic N) is 2. The van der Waals surface area contributed by atoms with E-state index in [0.29, 0.717) is 43.3 Å². The number of Topliss-reactive ketones (excluding diaryl/α,β-unsaturated/α-hetero) is 1. The first-order valence-electron chi connectivity index (χ1n) is 14.9. The highest BCUT2D eigenvalue weighted by atomic mass is 16.5. The Kier molecular flexibility index (Phi) is 10.7. The largest absolute Gasteiger partial charge is 0.490 e. The second-order valence-electron chi connectivity index (χ2n) is 11.4. The SMILES string of the molecule is CCOC(=O)C1CCC(Oc2ccc(C(=O)CCCNC(=O)C3CCC(c4nnc(C(C)C)o4)CC3)cc2)CC1. The lowest BCUT2D eigenvalue weighted by atomic mass is 9.81. The molecular formula is C31H43N3O6. The first-order valence-corrected chi connectivity index (χ1v) is 14.9. The van der Waals surface area contributed by atoms with E-state index in [1.165, 1.54) is 0 Å². The van der Waals surface area contributed by atoms with Crippen LogP contribution in [-0.2, 0) is 14.3 Å². The van der Waals surface area contributed by atoms with Crippen LogP contribution in [0.15, 0.2) is 28.7 Å². The van der Waals surface area contributed by atoms with Crippen molar-refractivity contribution < 1.29 is 28.3 Å². The summed E-state index contributed by atoms with van der Waals surface area (Å²) >= 11 is 0. The van der Waals surface area contributed by atoms with Gasteiger partial charge in [-0.05, 0) is 89.0 Å². The Morgan fingerprint density at radius 2 is 1.62 bits per heavy atom. The normalized spacial score (nSPS) is 23.0. The second-order valence-corrected chi connectivity index (χ2v) is 11.4. The fraction of sp³-hybridized carbons (Fsp3) is 0.645. The number of ketones is 1. The number of amides is 1. The van der Waals surface area contributed by atoms with Gasteiger partial charge in [0.15, 0.2) is 5.78 Å². The maximum Gasteiger partial charge on any atom is 0.308 e. The van der Waals surface area contributed by atoms with E-state index in [1.807, 2.05) is 32.9 Å². The average Bonchev–Trinajstić information content (AvgIpc) is 3.47. The van der Waals surface area contributed by atoms with Crippen molar-refractivity contribution >= 4 is 17.7 Å². The number of nitrogens with one attached hydrogen (secondary N) is 1. The van der Waals surface area contributed by atoms with Crippen LogP contribution in [0.25, 0.3) is 0 Å². The smallest absolute Gasteiger partial charge is 0.308 e. The Labute approximate surface area is 236 Å². The molecule has 0 radical (unpaired) electrons. The van der Waals surface area contributed by atoms with Gasteiger partial charge in [0.05, 0.1) is 18.6 Å². The second kappa shape index (κ2) is 14.4. The van der Waals surface area contributed by atoms with Gasteiger partial charge in [0, 0.05) is 36.3 Å². The Hall–Kier alpha value is -3.23. The summed E-state index contributed by atoms with van der Waals surface area (Å²) < 4.78 is 17.0. The quantitative estimate of drug-likeness (QED) is 0.200. The number of hydrogen-bond donors (Lipinski definition) is 1. The molecule has 1 aromatic carbocycles. The molecule has 0 atom stereocenters. The van der Waals surface area contributed by atoms with Crippen molar-refractivity contribution in [2.75, 3.05) is 13.2 Å². The Morgan fingerprint density at radius 3 is 2.25 bits per heavy atom. The van der Waals surface area contributed by atoms with Gasteiger partial charge in [0.1, 0.15) is 5.75 Å². The molecule has 0 spiro atoms. The topological polar surface area (TPSA) is 121 Å². The van der Waals surface area contributed by atoms with E-state index in [2.05, 4.69) is 15.5 Å². The van der Waals surface area contributed by atoms with Gasteiger partial charge < -0.3 is 19.2 Å². The zero-order valence-corrected chi connectivity index (χ0v) is 24.0. The third-order valence-electron chi connectivity index (χ3n) is 8.05. The number of benzene rings is 1. The lowest BCUT2D eigenvalue weighted by Crippen LogP contribution is -2.33. The van der Waals surface area contributed by atoms with Crippen molar-refractivity contribution in [1.82, 2.24) is 15.5 Å². The highest BCUT2D eigenvalue weighted by Crippen LogP contribution is 2.36. The molecule has 2 saturated carbocycles. The van der Waals surface area contributed by atoms with E-state index in [-0.39, 0.29) is 47.4 Å². The van der Waals surface area contributed by atoms with Gasteiger partial charge in [0.25, 0.3) is 0 Å². The first-order chi connectivity index (χ1) is 19.3. The molecule has 9 heteroatoms. The molecule has 40 heavy (non-hydrogen) atoms. The van der Waals surface area contributed by atoms with Crippen LogP contribution >= 0.6 is 0 Å². The summed E-state index contributed by atoms with van der Waals surface area (Å²) in [5.41, 5.74) is 0.643. The van der Waals surface area contributed by atoms with Crippen LogP contribution in [0.2, 0.25) is 0 Å². The van der Waals surface area contributed by atoms with Crippen LogP contribution in [0, 0.1) is 11.8 Å². The van der Waals surface area contributed by atoms with Crippen molar-refractivity contribution in [2.24, 2.45) is 11.8 Å². The van der Waals surface area contributed by atoms with Crippen molar-refractivity contribution in [3.63, 3.8) is 0 Å². The minimum atomic E-state index is -0.104. The van der Waals surface area contributed by atoms with Gasteiger partial charge >= 0.3 is 5.97 Å². The summed E-state index contributed by atoms with van der Waals surface area (Å²) in [5.74, 6) is 2.51. The standard InChI is InChI=1S/C31H43N3O6/c1-4-38-31(37)24-13-17-26(18-14-24)39-25-15-11-21(12-16-25)27(35)6-5-19-32-28(36)22-7-9-23(10-8-22)30-34-33-29(40-30)20(2)3/h11-12,15-16,20,22-24,26H,4-10,13-14,17-19H2,1-3H3,(H,32,36). The number of rotatable bonds is 12. The number of carbonyl (C=O) groups is 3. The third-order valence-corrected chi connectivity index (χ3v) is 8.05. The Morgan fingerprint density at radius 1 is 0.950 bits per heavy atom. The van der Waals surface area contributed by atoms with Gasteiger partial charge in [0.2, 0.25) is 17.7 Å². The predicted octanol–water partition coefficient (Wildman–Crippen LogP) is 5.75. The molecule has 0 unspecified atom stereocenters. The van der Waals surface area contributed by atoms with Crippen molar-refractivity contribution in [1.29, 1.82) is 0 Å². The molecule has 1 amide bonds. The maximum absolute atomic E-state index is 12.6. The lowest BCUT2D eigenvalue weighted by molar-refractivity contribution is -0.149. The van der Waals surface area contributed by atoms with Gasteiger partial charge in [-0.25, -0.2) is 0 Å². The van der Waals surface area contributed by atoms with Crippen LogP contribution in [-0.4, -0.2) is 47.1 Å². The van der Waals surface area contributed by atoms with Gasteiger partial charge in [-0.3, -0.25) is 14.4 Å². The van der Waals surface area contributed by atoms with E-state index in [0.717, 1.165) is 57.1 Å². The van der Waals surface area contributed by atoms with Crippen LogP contribution in [0.3, 0.4) is 0 Å². The molecule has 9 nitrogen and oxygen atoms in total. The molecule has 2 fully saturated rings. The number of esters is 1. The van der Waals surface area contributed by atoms with Crippen LogP contribution < -0.4 is 10.1 Å². The first kappa shape index (κ1) is 29.7. The maximum atomic E-state index is 12.6. The molecule has 218 valence electrons.